The van der Waals surface area contributed by atoms with Crippen LogP contribution in [-0.2, 0) is 84.9 Å². The summed E-state index contributed by atoms with van der Waals surface area (Å²) in [6, 6.07) is 0.357. The first-order valence-corrected chi connectivity index (χ1v) is 39.5. The number of benzene rings is 3. The second-order valence-corrected chi connectivity index (χ2v) is 28.8. The molecular formula is C76H108N24O24. The molecule has 28 N–H and O–H groups in total. The number of carbonyl (C=O) groups excluding carboxylic acids is 12. The first-order valence-electron chi connectivity index (χ1n) is 39.5. The number of primary amides is 2. The van der Waals surface area contributed by atoms with E-state index >= 15 is 4.79 Å². The van der Waals surface area contributed by atoms with Crippen molar-refractivity contribution in [2.45, 2.75) is 196 Å². The number of hydrogen-bond donors (Lipinski definition) is 23. The largest absolute Gasteiger partial charge is 0.497 e. The van der Waals surface area contributed by atoms with Crippen LogP contribution in [0.25, 0.3) is 11.0 Å². The molecule has 0 radical (unpaired) electrons. The summed E-state index contributed by atoms with van der Waals surface area (Å²) < 4.78 is 16.4. The minimum Gasteiger partial charge on any atom is -0.497 e. The number of unbranched alkanes of at least 4 members (excludes halogenated alkanes) is 2. The number of anilines is 1. The number of nitro groups is 2. The summed E-state index contributed by atoms with van der Waals surface area (Å²) in [6.07, 6.45) is -4.29. The number of non-ortho nitro benzene ring substituents is 1. The monoisotopic (exact) mass is 1740 g/mol. The predicted molar refractivity (Wildman–Crippen MR) is 442 cm³/mol. The summed E-state index contributed by atoms with van der Waals surface area (Å²) in [5.74, 6) is -16.7. The van der Waals surface area contributed by atoms with Gasteiger partial charge in [0.25, 0.3) is 11.4 Å². The van der Waals surface area contributed by atoms with Crippen molar-refractivity contribution in [1.29, 1.82) is 16.2 Å². The van der Waals surface area contributed by atoms with E-state index in [4.69, 9.17) is 58.8 Å². The molecule has 5 rings (SSSR count). The number of methoxy groups -OCH3 is 1. The van der Waals surface area contributed by atoms with Crippen molar-refractivity contribution in [2.24, 2.45) is 28.7 Å². The van der Waals surface area contributed by atoms with Gasteiger partial charge in [0.05, 0.1) is 36.1 Å². The number of carbonyl (C=O) groups is 14. The topological polar surface area (TPSA) is 776 Å². The van der Waals surface area contributed by atoms with E-state index in [0.29, 0.717) is 23.6 Å². The van der Waals surface area contributed by atoms with E-state index in [-0.39, 0.29) is 121 Å². The maximum absolute atomic E-state index is 15.1. The lowest BCUT2D eigenvalue weighted by Gasteiger charge is -2.30. The SMILES string of the molecule is COc1ccc2c(CC(=O)N[C@@H](CCCNC(=N)N)C(=O)N3CCC[C@H]3C(=O)N[C@@H](CCC(N)=O)C(=O)N[C@@H](CCC(=O)O)C(=O)N[C@@H](CCCCCOCc3ccccc3)C(=O)N[C@@H](CNc3ccc([N+](=O)[O-])cc3[N+](=O)[O-])C(=O)N[C@@H](C)C(=O)N[C@@H](CCCNC(=N)N)C(=O)N[C@@H](CCC(=O)O)C(=O)N[C@@H](CCCNC(=N)N)C(N)=O)cc(=O)oc2c1. The van der Waals surface area contributed by atoms with Crippen LogP contribution in [-0.4, -0.2) is 233 Å². The number of guanidine groups is 3. The van der Waals surface area contributed by atoms with Gasteiger partial charge in [0.1, 0.15) is 77.4 Å². The van der Waals surface area contributed by atoms with Crippen molar-refractivity contribution < 1.29 is 101 Å². The van der Waals surface area contributed by atoms with Crippen LogP contribution < -0.4 is 108 Å². The molecule has 1 aromatic heterocycles. The Hall–Kier alpha value is -14.4. The minimum atomic E-state index is -2.01. The molecule has 12 amide bonds. The Kier molecular flexibility index (Phi) is 41.4. The van der Waals surface area contributed by atoms with Crippen molar-refractivity contribution >= 4 is 129 Å². The Morgan fingerprint density at radius 2 is 1.06 bits per heavy atom. The van der Waals surface area contributed by atoms with Crippen LogP contribution in [0, 0.1) is 36.5 Å². The third kappa shape index (κ3) is 35.1. The second kappa shape index (κ2) is 51.3. The number of rotatable bonds is 56. The summed E-state index contributed by atoms with van der Waals surface area (Å²) in [6.45, 7) is 0.590. The first kappa shape index (κ1) is 100. The van der Waals surface area contributed by atoms with Crippen molar-refractivity contribution in [3.63, 3.8) is 0 Å². The van der Waals surface area contributed by atoms with Gasteiger partial charge in [-0.1, -0.05) is 43.2 Å². The second-order valence-electron chi connectivity index (χ2n) is 28.8. The fraction of sp³-hybridized carbons (Fsp3) is 0.500. The van der Waals surface area contributed by atoms with Crippen LogP contribution in [0.4, 0.5) is 17.1 Å². The van der Waals surface area contributed by atoms with Gasteiger partial charge in [-0.05, 0) is 120 Å². The molecule has 0 aliphatic carbocycles. The number of amides is 12. The maximum Gasteiger partial charge on any atom is 0.336 e. The Morgan fingerprint density at radius 1 is 0.556 bits per heavy atom. The molecule has 0 unspecified atom stereocenters. The summed E-state index contributed by atoms with van der Waals surface area (Å²) in [7, 11) is 1.40. The van der Waals surface area contributed by atoms with E-state index < -0.39 is 245 Å². The van der Waals surface area contributed by atoms with Gasteiger partial charge in [-0.3, -0.25) is 104 Å². The highest BCUT2D eigenvalue weighted by atomic mass is 16.6. The van der Waals surface area contributed by atoms with Crippen LogP contribution in [0.5, 0.6) is 5.75 Å². The molecule has 1 saturated heterocycles. The molecule has 676 valence electrons. The van der Waals surface area contributed by atoms with Gasteiger partial charge in [-0.25, -0.2) is 4.79 Å². The Balaban J connectivity index is 1.48. The Morgan fingerprint density at radius 3 is 1.58 bits per heavy atom. The van der Waals surface area contributed by atoms with Gasteiger partial charge < -0.3 is 127 Å². The molecule has 1 aliphatic heterocycles. The molecule has 0 saturated carbocycles. The molecule has 0 spiro atoms. The highest BCUT2D eigenvalue weighted by molar-refractivity contribution is 6.00. The number of carboxylic acid groups (broad SMARTS) is 2. The Bertz CT molecular complexity index is 4560. The zero-order chi connectivity index (χ0) is 91.7. The average Bonchev–Trinajstić information content (AvgIpc) is 0.982. The number of carboxylic acids is 2. The number of ether oxygens (including phenoxy) is 2. The number of nitrogens with two attached hydrogens (primary N) is 5. The quantitative estimate of drug-likeness (QED) is 0.00514. The highest BCUT2D eigenvalue weighted by Gasteiger charge is 2.41. The molecule has 1 fully saturated rings. The van der Waals surface area contributed by atoms with E-state index in [0.717, 1.165) is 35.6 Å². The van der Waals surface area contributed by atoms with Gasteiger partial charge in [-0.2, -0.15) is 0 Å². The lowest BCUT2D eigenvalue weighted by Crippen LogP contribution is -2.61. The summed E-state index contributed by atoms with van der Waals surface area (Å²) in [4.78, 5) is 230. The van der Waals surface area contributed by atoms with Gasteiger partial charge in [-0.15, -0.1) is 0 Å². The number of nitrogens with zero attached hydrogens (tertiary/aromatic N) is 3. The molecule has 2 heterocycles. The predicted octanol–water partition coefficient (Wildman–Crippen LogP) is -3.31. The van der Waals surface area contributed by atoms with E-state index in [1.54, 1.807) is 12.1 Å². The van der Waals surface area contributed by atoms with E-state index in [1.807, 2.05) is 30.3 Å². The molecule has 48 nitrogen and oxygen atoms in total. The standard InChI is InChI=1S/C76H108N24O24/c1-41(65(109)92-50(17-10-31-86-75(81)82)66(110)94-52(25-28-61(103)104)68(112)91-48(64(78)108)16-9-30-85-74(79)80)89-71(115)55(39-88-47-23-20-44(99(118)119)37-57(47)100(120)121)97-67(111)49(15-7-4-8-34-123-40-42-13-5-3-6-14-42)93-70(114)53(26-29-62(105)106)95-69(113)51(24-27-59(77)101)96-72(116)56-19-12-33-98(56)73(117)54(18-11-32-87-76(83)84)90-60(102)35-43-36-63(107)124-58-38-45(122-2)21-22-46(43)58/h3,5-6,13-14,20-23,36-38,41,48-56,88H,4,7-12,15-19,24-35,39-40H2,1-2H3,(H2,77,101)(H2,78,108)(H,89,115)(H,90,102)(H,91,112)(H,92,109)(H,93,114)(H,94,110)(H,95,113)(H,96,116)(H,97,111)(H,103,104)(H,105,106)(H4,79,80,85)(H4,81,82,86)(H4,83,84,87)/t41-,48-,49-,50-,51-,52-,53-,54-,55-,56-/m0/s1. The van der Waals surface area contributed by atoms with Gasteiger partial charge in [0.15, 0.2) is 17.9 Å². The minimum absolute atomic E-state index is 0.0230. The molecule has 124 heavy (non-hydrogen) atoms. The highest BCUT2D eigenvalue weighted by Crippen LogP contribution is 2.30. The van der Waals surface area contributed by atoms with Crippen LogP contribution >= 0.6 is 0 Å². The van der Waals surface area contributed by atoms with E-state index in [1.165, 1.54) is 13.2 Å². The number of nitro benzene ring substituents is 2. The number of fused-ring (bicyclic) bond motifs is 1. The fourth-order valence-corrected chi connectivity index (χ4v) is 12.9. The van der Waals surface area contributed by atoms with Crippen LogP contribution in [0.15, 0.2) is 82.0 Å². The molecule has 3 aromatic carbocycles. The Labute approximate surface area is 708 Å². The third-order valence-electron chi connectivity index (χ3n) is 19.3. The molecule has 10 atom stereocenters. The molecular weight excluding hydrogens is 1630 g/mol. The fourth-order valence-electron chi connectivity index (χ4n) is 12.9. The van der Waals surface area contributed by atoms with E-state index in [9.17, 15) is 97.6 Å². The summed E-state index contributed by atoms with van der Waals surface area (Å²) >= 11 is 0. The normalized spacial score (nSPS) is 14.3. The number of likely N-dealkylation sites (tertiary alicyclic amines) is 1. The lowest BCUT2D eigenvalue weighted by molar-refractivity contribution is -0.393. The third-order valence-corrected chi connectivity index (χ3v) is 19.3. The van der Waals surface area contributed by atoms with Crippen molar-refractivity contribution in [3.8, 4) is 5.75 Å². The molecule has 4 aromatic rings. The van der Waals surface area contributed by atoms with Crippen LogP contribution in [0.2, 0.25) is 0 Å². The van der Waals surface area contributed by atoms with Crippen molar-refractivity contribution in [3.05, 3.63) is 115 Å². The summed E-state index contributed by atoms with van der Waals surface area (Å²) in [5.41, 5.74) is 25.7. The van der Waals surface area contributed by atoms with Gasteiger partial charge in [0, 0.05) is 82.2 Å². The molecule has 1 aliphatic rings. The zero-order valence-corrected chi connectivity index (χ0v) is 68.2. The smallest absolute Gasteiger partial charge is 0.336 e. The van der Waals surface area contributed by atoms with Crippen molar-refractivity contribution in [2.75, 3.05) is 51.8 Å². The van der Waals surface area contributed by atoms with Crippen LogP contribution in [0.1, 0.15) is 134 Å². The van der Waals surface area contributed by atoms with E-state index in [2.05, 4.69) is 69.1 Å². The van der Waals surface area contributed by atoms with Gasteiger partial charge >= 0.3 is 17.6 Å². The molecule has 0 bridgehead atoms. The average molecular weight is 1740 g/mol. The number of aliphatic carboxylic acids is 2. The lowest BCUT2D eigenvalue weighted by atomic mass is 10.0. The zero-order valence-electron chi connectivity index (χ0n) is 68.2. The number of hydrogen-bond acceptors (Lipinski definition) is 26. The van der Waals surface area contributed by atoms with Crippen molar-refractivity contribution in [1.82, 2.24) is 68.7 Å². The maximum atomic E-state index is 15.1. The molecule has 48 heteroatoms. The van der Waals surface area contributed by atoms with Gasteiger partial charge in [0.2, 0.25) is 70.9 Å². The van der Waals surface area contributed by atoms with Crippen LogP contribution in [0.3, 0.4) is 0 Å². The number of nitrogens with one attached hydrogen (secondary N) is 16. The summed E-state index contributed by atoms with van der Waals surface area (Å²) in [5, 5.41) is 99.0. The first-order chi connectivity index (χ1) is 58.8.